The Kier molecular flexibility index (Phi) is 6.47. The zero-order valence-corrected chi connectivity index (χ0v) is 12.5. The van der Waals surface area contributed by atoms with Gasteiger partial charge >= 0.3 is 0 Å². The number of hydrogen-bond donors (Lipinski definition) is 1. The van der Waals surface area contributed by atoms with E-state index in [1.54, 1.807) is 24.3 Å². The fourth-order valence-corrected chi connectivity index (χ4v) is 3.00. The quantitative estimate of drug-likeness (QED) is 0.800. The molecular weight excluding hydrogens is 295 g/mol. The molecule has 0 amide bonds. The summed E-state index contributed by atoms with van der Waals surface area (Å²) in [5.41, 5.74) is 5.20. The molecule has 0 spiro atoms. The van der Waals surface area contributed by atoms with Crippen molar-refractivity contribution in [2.75, 3.05) is 39.5 Å². The summed E-state index contributed by atoms with van der Waals surface area (Å²) in [5, 5.41) is 0. The molecule has 1 fully saturated rings. The van der Waals surface area contributed by atoms with Gasteiger partial charge in [-0.2, -0.15) is 0 Å². The van der Waals surface area contributed by atoms with E-state index in [1.165, 1.54) is 6.08 Å². The van der Waals surface area contributed by atoms with Gasteiger partial charge in [-0.3, -0.25) is 0 Å². The van der Waals surface area contributed by atoms with Gasteiger partial charge in [0.15, 0.2) is 4.90 Å². The molecule has 1 unspecified atom stereocenters. The Morgan fingerprint density at radius 2 is 2.05 bits per heavy atom. The molecule has 116 valence electrons. The first-order valence-electron chi connectivity index (χ1n) is 6.73. The summed E-state index contributed by atoms with van der Waals surface area (Å²) in [5.74, 6) is 0.122. The Balaban J connectivity index is 1.90. The van der Waals surface area contributed by atoms with Crippen LogP contribution in [0.15, 0.2) is 41.1 Å². The van der Waals surface area contributed by atoms with Crippen molar-refractivity contribution in [1.82, 2.24) is 4.31 Å². The van der Waals surface area contributed by atoms with Gasteiger partial charge in [-0.05, 0) is 30.3 Å². The first-order chi connectivity index (χ1) is 10.2. The fraction of sp³-hybridized carbons (Fsp3) is 0.429. The summed E-state index contributed by atoms with van der Waals surface area (Å²) < 4.78 is 37.8. The number of morpholine rings is 1. The fourth-order valence-electron chi connectivity index (χ4n) is 1.85. The van der Waals surface area contributed by atoms with Crippen molar-refractivity contribution < 1.29 is 18.4 Å². The van der Waals surface area contributed by atoms with E-state index in [1.807, 2.05) is 4.31 Å². The first kappa shape index (κ1) is 16.3. The summed E-state index contributed by atoms with van der Waals surface area (Å²) in [6.07, 6.45) is 1.27. The van der Waals surface area contributed by atoms with Gasteiger partial charge in [-0.1, -0.05) is 0 Å². The van der Waals surface area contributed by atoms with Crippen molar-refractivity contribution in [2.24, 2.45) is 5.73 Å². The number of nitrogens with zero attached hydrogens (tertiary/aromatic N) is 1. The van der Waals surface area contributed by atoms with Gasteiger partial charge in [0, 0.05) is 6.54 Å². The Bertz CT molecular complexity index is 464. The minimum absolute atomic E-state index is 0.145. The summed E-state index contributed by atoms with van der Waals surface area (Å²) in [6, 6.07) is 6.82. The highest BCUT2D eigenvalue weighted by atomic mass is 32.2. The summed E-state index contributed by atoms with van der Waals surface area (Å²) >= 11 is -1.20. The lowest BCUT2D eigenvalue weighted by Crippen LogP contribution is -2.40. The van der Waals surface area contributed by atoms with Gasteiger partial charge in [0.1, 0.15) is 18.2 Å². The number of rotatable bonds is 6. The van der Waals surface area contributed by atoms with Crippen molar-refractivity contribution >= 4 is 11.4 Å². The number of halogens is 1. The van der Waals surface area contributed by atoms with Gasteiger partial charge in [-0.25, -0.2) is 4.39 Å². The van der Waals surface area contributed by atoms with Crippen LogP contribution in [0.2, 0.25) is 0 Å². The minimum Gasteiger partial charge on any atom is -0.593 e. The third-order valence-electron chi connectivity index (χ3n) is 2.95. The molecule has 21 heavy (non-hydrogen) atoms. The van der Waals surface area contributed by atoms with Gasteiger partial charge in [0.2, 0.25) is 0 Å². The minimum atomic E-state index is -1.20. The van der Waals surface area contributed by atoms with E-state index in [0.717, 1.165) is 0 Å². The summed E-state index contributed by atoms with van der Waals surface area (Å²) in [4.78, 5) is 0.697. The second-order valence-electron chi connectivity index (χ2n) is 4.44. The molecule has 1 atom stereocenters. The largest absolute Gasteiger partial charge is 0.593 e. The van der Waals surface area contributed by atoms with Crippen molar-refractivity contribution in [1.29, 1.82) is 0 Å². The zero-order valence-electron chi connectivity index (χ0n) is 11.7. The molecule has 0 bridgehead atoms. The molecule has 1 aromatic carbocycles. The lowest BCUT2D eigenvalue weighted by atomic mass is 10.3. The van der Waals surface area contributed by atoms with Crippen LogP contribution in [0.1, 0.15) is 0 Å². The molecule has 0 radical (unpaired) electrons. The van der Waals surface area contributed by atoms with Gasteiger partial charge in [0.25, 0.3) is 0 Å². The van der Waals surface area contributed by atoms with E-state index in [4.69, 9.17) is 15.2 Å². The van der Waals surface area contributed by atoms with Crippen LogP contribution in [0.3, 0.4) is 0 Å². The first-order valence-corrected chi connectivity index (χ1v) is 7.83. The van der Waals surface area contributed by atoms with E-state index in [0.29, 0.717) is 36.9 Å². The van der Waals surface area contributed by atoms with Crippen LogP contribution >= 0.6 is 0 Å². The molecule has 0 aromatic heterocycles. The average Bonchev–Trinajstić information content (AvgIpc) is 2.54. The third kappa shape index (κ3) is 4.98. The Hall–Kier alpha value is -1.12. The average molecular weight is 314 g/mol. The van der Waals surface area contributed by atoms with E-state index in [2.05, 4.69) is 0 Å². The Labute approximate surface area is 126 Å². The maximum atomic E-state index is 13.1. The topological polar surface area (TPSA) is 70.8 Å². The van der Waals surface area contributed by atoms with E-state index in [9.17, 15) is 8.94 Å². The predicted molar refractivity (Wildman–Crippen MR) is 79.0 cm³/mol. The number of benzene rings is 1. The molecule has 7 heteroatoms. The smallest absolute Gasteiger partial charge is 0.174 e. The van der Waals surface area contributed by atoms with Crippen molar-refractivity contribution in [3.8, 4) is 5.75 Å². The Morgan fingerprint density at radius 3 is 2.67 bits per heavy atom. The van der Waals surface area contributed by atoms with E-state index >= 15 is 0 Å². The van der Waals surface area contributed by atoms with Crippen LogP contribution in [-0.4, -0.2) is 48.3 Å². The van der Waals surface area contributed by atoms with Crippen LogP contribution in [-0.2, 0) is 16.1 Å². The molecule has 1 saturated heterocycles. The molecule has 2 rings (SSSR count). The maximum absolute atomic E-state index is 13.1. The van der Waals surface area contributed by atoms with Crippen molar-refractivity contribution in [2.45, 2.75) is 4.90 Å². The van der Waals surface area contributed by atoms with Crippen LogP contribution in [0.5, 0.6) is 5.75 Å². The molecule has 1 heterocycles. The van der Waals surface area contributed by atoms with Crippen LogP contribution in [0, 0.1) is 0 Å². The molecule has 1 aromatic rings. The SMILES string of the molecule is NC/C=C(/F)COc1ccc([S+]([O-])N2CCOCC2)cc1. The highest BCUT2D eigenvalue weighted by molar-refractivity contribution is 7.89. The molecule has 1 aliphatic rings. The maximum Gasteiger partial charge on any atom is 0.174 e. The van der Waals surface area contributed by atoms with E-state index in [-0.39, 0.29) is 13.2 Å². The standard InChI is InChI=1S/C14H19FN2O3S/c15-12(5-6-16)11-20-13-1-3-14(4-2-13)21(18)17-7-9-19-10-8-17/h1-5H,6-11,16H2/b12-5+. The number of hydrogen-bond acceptors (Lipinski definition) is 5. The molecule has 0 saturated carbocycles. The van der Waals surface area contributed by atoms with Gasteiger partial charge in [-0.15, -0.1) is 4.31 Å². The van der Waals surface area contributed by atoms with Crippen LogP contribution in [0.25, 0.3) is 0 Å². The number of ether oxygens (including phenoxy) is 2. The number of nitrogens with two attached hydrogens (primary N) is 1. The molecule has 2 N–H and O–H groups in total. The van der Waals surface area contributed by atoms with Crippen molar-refractivity contribution in [3.63, 3.8) is 0 Å². The monoisotopic (exact) mass is 314 g/mol. The normalized spacial score (nSPS) is 18.5. The molecular formula is C14H19FN2O3S. The lowest BCUT2D eigenvalue weighted by molar-refractivity contribution is 0.0730. The molecule has 1 aliphatic heterocycles. The summed E-state index contributed by atoms with van der Waals surface area (Å²) in [7, 11) is 0. The third-order valence-corrected chi connectivity index (χ3v) is 4.46. The van der Waals surface area contributed by atoms with Gasteiger partial charge < -0.3 is 19.8 Å². The predicted octanol–water partition coefficient (Wildman–Crippen LogP) is 1.23. The highest BCUT2D eigenvalue weighted by Gasteiger charge is 2.24. The van der Waals surface area contributed by atoms with Crippen LogP contribution in [0.4, 0.5) is 4.39 Å². The highest BCUT2D eigenvalue weighted by Crippen LogP contribution is 2.20. The van der Waals surface area contributed by atoms with Crippen LogP contribution < -0.4 is 10.5 Å². The van der Waals surface area contributed by atoms with E-state index < -0.39 is 17.2 Å². The Morgan fingerprint density at radius 1 is 1.38 bits per heavy atom. The lowest BCUT2D eigenvalue weighted by Gasteiger charge is -2.27. The molecule has 5 nitrogen and oxygen atoms in total. The molecule has 0 aliphatic carbocycles. The summed E-state index contributed by atoms with van der Waals surface area (Å²) in [6.45, 7) is 2.50. The zero-order chi connectivity index (χ0) is 15.1. The second-order valence-corrected chi connectivity index (χ2v) is 5.92. The van der Waals surface area contributed by atoms with Gasteiger partial charge in [0.05, 0.1) is 37.7 Å². The second kappa shape index (κ2) is 8.35. The van der Waals surface area contributed by atoms with Crippen molar-refractivity contribution in [3.05, 3.63) is 36.2 Å².